The average Bonchev–Trinajstić information content (AvgIpc) is 2.91. The summed E-state index contributed by atoms with van der Waals surface area (Å²) in [4.78, 5) is 61.2. The van der Waals surface area contributed by atoms with E-state index in [9.17, 15) is 28.4 Å². The third-order valence-electron chi connectivity index (χ3n) is 3.75. The van der Waals surface area contributed by atoms with Crippen LogP contribution in [0.15, 0.2) is 11.0 Å². The van der Waals surface area contributed by atoms with Gasteiger partial charge in [0.05, 0.1) is 6.20 Å². The number of aromatic nitrogens is 2. The third-order valence-corrected chi connectivity index (χ3v) is 3.75. The van der Waals surface area contributed by atoms with Gasteiger partial charge in [0.2, 0.25) is 5.95 Å². The van der Waals surface area contributed by atoms with Gasteiger partial charge >= 0.3 is 17.9 Å². The van der Waals surface area contributed by atoms with Crippen LogP contribution in [0.1, 0.15) is 37.5 Å². The van der Waals surface area contributed by atoms with Gasteiger partial charge in [-0.25, -0.2) is 4.98 Å². The Balaban J connectivity index is 2.54. The molecule has 2 heterocycles. The fourth-order valence-electron chi connectivity index (χ4n) is 2.75. The maximum absolute atomic E-state index is 13.9. The number of hydrogen-bond acceptors (Lipinski definition) is 10. The first kappa shape index (κ1) is 21.9. The smallest absolute Gasteiger partial charge is 0.303 e. The predicted molar refractivity (Wildman–Crippen MR) is 88.6 cm³/mol. The Kier molecular flexibility index (Phi) is 6.64. The lowest BCUT2D eigenvalue weighted by atomic mass is 10.1. The summed E-state index contributed by atoms with van der Waals surface area (Å²) in [6.07, 6.45) is -4.84. The molecule has 0 saturated carbocycles. The van der Waals surface area contributed by atoms with Crippen molar-refractivity contribution in [3.8, 4) is 0 Å². The molecular formula is C16H18FN3O9. The highest BCUT2D eigenvalue weighted by Crippen LogP contribution is 2.33. The normalized spacial score (nSPS) is 23.3. The molecule has 1 aliphatic rings. The zero-order valence-corrected chi connectivity index (χ0v) is 15.6. The molecule has 1 fully saturated rings. The van der Waals surface area contributed by atoms with E-state index in [0.717, 1.165) is 20.8 Å². The van der Waals surface area contributed by atoms with Crippen LogP contribution < -0.4 is 11.3 Å². The van der Waals surface area contributed by atoms with Gasteiger partial charge in [-0.05, 0) is 0 Å². The molecule has 0 radical (unpaired) electrons. The first-order valence-electron chi connectivity index (χ1n) is 8.23. The molecule has 2 rings (SSSR count). The van der Waals surface area contributed by atoms with Crippen LogP contribution in [0.2, 0.25) is 0 Å². The summed E-state index contributed by atoms with van der Waals surface area (Å²) in [5.74, 6) is -4.82. The van der Waals surface area contributed by atoms with Crippen LogP contribution in [0.4, 0.5) is 4.39 Å². The van der Waals surface area contributed by atoms with E-state index >= 15 is 0 Å². The lowest BCUT2D eigenvalue weighted by Crippen LogP contribution is -2.42. The van der Waals surface area contributed by atoms with Gasteiger partial charge in [-0.1, -0.05) is 0 Å². The molecule has 1 aromatic heterocycles. The van der Waals surface area contributed by atoms with Crippen molar-refractivity contribution in [1.82, 2.24) is 9.55 Å². The van der Waals surface area contributed by atoms with E-state index in [2.05, 4.69) is 4.98 Å². The molecule has 29 heavy (non-hydrogen) atoms. The van der Waals surface area contributed by atoms with Crippen molar-refractivity contribution in [2.75, 3.05) is 6.61 Å². The Bertz CT molecular complexity index is 900. The second-order valence-electron chi connectivity index (χ2n) is 6.00. The van der Waals surface area contributed by atoms with Gasteiger partial charge in [-0.2, -0.15) is 4.39 Å². The predicted octanol–water partition coefficient (Wildman–Crippen LogP) is -1.19. The number of hydrogen-bond donors (Lipinski definition) is 1. The maximum Gasteiger partial charge on any atom is 0.303 e. The zero-order valence-electron chi connectivity index (χ0n) is 15.6. The Morgan fingerprint density at radius 3 is 2.24 bits per heavy atom. The fourth-order valence-corrected chi connectivity index (χ4v) is 2.75. The van der Waals surface area contributed by atoms with E-state index < -0.39 is 72.2 Å². The minimum Gasteiger partial charge on any atom is -0.463 e. The molecule has 1 amide bonds. The van der Waals surface area contributed by atoms with Crippen LogP contribution in [0.5, 0.6) is 0 Å². The van der Waals surface area contributed by atoms with Crippen molar-refractivity contribution in [2.45, 2.75) is 45.3 Å². The lowest BCUT2D eigenvalue weighted by Gasteiger charge is -2.24. The molecule has 1 aromatic rings. The van der Waals surface area contributed by atoms with E-state index in [0.29, 0.717) is 10.8 Å². The lowest BCUT2D eigenvalue weighted by molar-refractivity contribution is -0.166. The number of primary amides is 1. The summed E-state index contributed by atoms with van der Waals surface area (Å²) < 4.78 is 35.1. The van der Waals surface area contributed by atoms with Crippen molar-refractivity contribution < 1.29 is 42.5 Å². The number of amides is 1. The largest absolute Gasteiger partial charge is 0.463 e. The zero-order chi connectivity index (χ0) is 21.9. The van der Waals surface area contributed by atoms with Crippen molar-refractivity contribution in [2.24, 2.45) is 5.73 Å². The average molecular weight is 415 g/mol. The summed E-state index contributed by atoms with van der Waals surface area (Å²) in [5.41, 5.74) is 2.99. The molecule has 1 aliphatic heterocycles. The highest BCUT2D eigenvalue weighted by Gasteiger charge is 2.51. The van der Waals surface area contributed by atoms with Crippen LogP contribution in [0.3, 0.4) is 0 Å². The Morgan fingerprint density at radius 1 is 1.14 bits per heavy atom. The topological polar surface area (TPSA) is 166 Å². The summed E-state index contributed by atoms with van der Waals surface area (Å²) in [5, 5.41) is 0. The van der Waals surface area contributed by atoms with Gasteiger partial charge in [-0.3, -0.25) is 28.5 Å². The van der Waals surface area contributed by atoms with Crippen LogP contribution in [-0.4, -0.2) is 58.3 Å². The van der Waals surface area contributed by atoms with Crippen molar-refractivity contribution in [3.05, 3.63) is 28.2 Å². The van der Waals surface area contributed by atoms with E-state index in [-0.39, 0.29) is 0 Å². The molecule has 0 bridgehead atoms. The van der Waals surface area contributed by atoms with E-state index in [1.54, 1.807) is 0 Å². The van der Waals surface area contributed by atoms with Crippen LogP contribution >= 0.6 is 0 Å². The highest BCUT2D eigenvalue weighted by molar-refractivity contribution is 5.90. The fraction of sp³-hybridized carbons (Fsp3) is 0.500. The number of esters is 3. The minimum absolute atomic E-state index is 0.424. The molecule has 2 N–H and O–H groups in total. The Morgan fingerprint density at radius 2 is 1.72 bits per heavy atom. The van der Waals surface area contributed by atoms with Crippen LogP contribution in [-0.2, 0) is 33.3 Å². The number of halogens is 1. The van der Waals surface area contributed by atoms with E-state index in [1.807, 2.05) is 0 Å². The number of carbonyl (C=O) groups is 4. The molecule has 4 atom stereocenters. The Labute approximate surface area is 162 Å². The second-order valence-corrected chi connectivity index (χ2v) is 6.00. The van der Waals surface area contributed by atoms with Gasteiger partial charge in [0.1, 0.15) is 12.7 Å². The van der Waals surface area contributed by atoms with Gasteiger partial charge in [0, 0.05) is 20.8 Å². The summed E-state index contributed by atoms with van der Waals surface area (Å²) in [7, 11) is 0. The van der Waals surface area contributed by atoms with Crippen molar-refractivity contribution >= 4 is 23.8 Å². The SMILES string of the molecule is CC(=O)OC[C@H]1O[C@@H](n2cc(F)nc(C(N)=O)c2=O)C(OC(C)=O)[C@@H]1OC(C)=O. The molecule has 0 aliphatic carbocycles. The monoisotopic (exact) mass is 415 g/mol. The molecule has 1 saturated heterocycles. The second kappa shape index (κ2) is 8.77. The molecule has 12 nitrogen and oxygen atoms in total. The van der Waals surface area contributed by atoms with E-state index in [1.165, 1.54) is 0 Å². The summed E-state index contributed by atoms with van der Waals surface area (Å²) >= 11 is 0. The van der Waals surface area contributed by atoms with Crippen molar-refractivity contribution in [1.29, 1.82) is 0 Å². The summed E-state index contributed by atoms with van der Waals surface area (Å²) in [6, 6.07) is 0. The van der Waals surface area contributed by atoms with E-state index in [4.69, 9.17) is 24.7 Å². The number of ether oxygens (including phenoxy) is 4. The van der Waals surface area contributed by atoms with Crippen LogP contribution in [0.25, 0.3) is 0 Å². The maximum atomic E-state index is 13.9. The molecule has 1 unspecified atom stereocenters. The van der Waals surface area contributed by atoms with Gasteiger partial charge < -0.3 is 24.7 Å². The summed E-state index contributed by atoms with van der Waals surface area (Å²) in [6.45, 7) is 2.82. The minimum atomic E-state index is -1.54. The molecule has 158 valence electrons. The van der Waals surface area contributed by atoms with Crippen LogP contribution in [0, 0.1) is 5.95 Å². The van der Waals surface area contributed by atoms with Gasteiger partial charge in [0.25, 0.3) is 11.5 Å². The molecule has 0 spiro atoms. The van der Waals surface area contributed by atoms with Gasteiger partial charge in [-0.15, -0.1) is 0 Å². The molecule has 13 heteroatoms. The third kappa shape index (κ3) is 5.13. The molecule has 0 aromatic carbocycles. The number of carbonyl (C=O) groups excluding carboxylic acids is 4. The highest BCUT2D eigenvalue weighted by atomic mass is 19.1. The first-order valence-corrected chi connectivity index (χ1v) is 8.23. The number of rotatable bonds is 6. The van der Waals surface area contributed by atoms with Gasteiger partial charge in [0.15, 0.2) is 24.1 Å². The van der Waals surface area contributed by atoms with Crippen molar-refractivity contribution in [3.63, 3.8) is 0 Å². The number of nitrogens with two attached hydrogens (primary N) is 1. The first-order chi connectivity index (χ1) is 13.5. The quantitative estimate of drug-likeness (QED) is 0.440. The standard InChI is InChI=1S/C16H18FN3O9/c1-6(21)26-5-9-12(27-7(2)22)13(28-8(3)23)16(29-9)20-4-10(17)19-11(14(18)24)15(20)25/h4,9,12-13,16H,5H2,1-3H3,(H2,18,24)/t9-,12-,13?,16-/m1/s1. The Hall–Kier alpha value is -3.35. The number of nitrogens with zero attached hydrogens (tertiary/aromatic N) is 2. The molecular weight excluding hydrogens is 397 g/mol.